The zero-order chi connectivity index (χ0) is 19.1. The highest BCUT2D eigenvalue weighted by molar-refractivity contribution is 5.72. The quantitative estimate of drug-likeness (QED) is 0.427. The number of nitrogens with one attached hydrogen (secondary N) is 1. The molecular weight excluding hydrogens is 342 g/mol. The van der Waals surface area contributed by atoms with Crippen LogP contribution in [0.25, 0.3) is 0 Å². The molecule has 3 N–H and O–H groups in total. The molecule has 12 nitrogen and oxygen atoms in total. The fraction of sp³-hybridized carbons (Fsp3) is 0.615. The van der Waals surface area contributed by atoms with Crippen molar-refractivity contribution in [3.63, 3.8) is 0 Å². The number of methoxy groups -OCH3 is 2. The zero-order valence-corrected chi connectivity index (χ0v) is 13.6. The number of nitrogens with zero attached hydrogens (tertiary/aromatic N) is 2. The smallest absolute Gasteiger partial charge is 0.337 e. The molecule has 1 rings (SSSR count). The third kappa shape index (κ3) is 4.64. The topological polar surface area (TPSA) is 170 Å². The molecule has 0 bridgehead atoms. The van der Waals surface area contributed by atoms with E-state index in [9.17, 15) is 34.2 Å². The van der Waals surface area contributed by atoms with Crippen LogP contribution in [-0.2, 0) is 19.1 Å². The second-order valence-corrected chi connectivity index (χ2v) is 5.03. The molecule has 140 valence electrons. The Balaban J connectivity index is 3.59. The molecule has 0 saturated heterocycles. The molecule has 0 aliphatic rings. The first-order valence-electron chi connectivity index (χ1n) is 7.17. The lowest BCUT2D eigenvalue weighted by Gasteiger charge is -2.18. The number of ether oxygens (including phenoxy) is 2. The summed E-state index contributed by atoms with van der Waals surface area (Å²) in [5.41, 5.74) is -3.82. The molecule has 0 saturated carbocycles. The van der Waals surface area contributed by atoms with Gasteiger partial charge in [-0.25, -0.2) is 33.1 Å². The first-order chi connectivity index (χ1) is 11.8. The van der Waals surface area contributed by atoms with Gasteiger partial charge in [0.05, 0.1) is 0 Å². The number of hydrogen-bond donors (Lipinski definition) is 3. The summed E-state index contributed by atoms with van der Waals surface area (Å²) >= 11 is 0. The third-order valence-electron chi connectivity index (χ3n) is 3.45. The van der Waals surface area contributed by atoms with Crippen molar-refractivity contribution in [2.75, 3.05) is 27.4 Å². The van der Waals surface area contributed by atoms with Gasteiger partial charge in [-0.2, -0.15) is 0 Å². The number of H-pyrrole nitrogens is 1. The van der Waals surface area contributed by atoms with Crippen molar-refractivity contribution in [1.82, 2.24) is 14.1 Å². The van der Waals surface area contributed by atoms with Gasteiger partial charge in [-0.3, -0.25) is 4.98 Å². The molecule has 0 aliphatic heterocycles. The molecule has 0 fully saturated rings. The minimum absolute atomic E-state index is 0.0754. The lowest BCUT2D eigenvalue weighted by Crippen LogP contribution is -2.54. The number of hydrogen-bond acceptors (Lipinski definition) is 7. The number of aromatic nitrogens is 3. The molecule has 25 heavy (non-hydrogen) atoms. The highest BCUT2D eigenvalue weighted by Gasteiger charge is 2.29. The maximum atomic E-state index is 12.5. The lowest BCUT2D eigenvalue weighted by atomic mass is 10.2. The van der Waals surface area contributed by atoms with E-state index in [4.69, 9.17) is 9.47 Å². The van der Waals surface area contributed by atoms with Crippen LogP contribution in [0, 0.1) is 0 Å². The number of aromatic amines is 1. The number of rotatable bonds is 10. The number of carboxylic acid groups (broad SMARTS) is 2. The van der Waals surface area contributed by atoms with Crippen molar-refractivity contribution < 1.29 is 29.3 Å². The Hall–Kier alpha value is -2.73. The Morgan fingerprint density at radius 3 is 1.56 bits per heavy atom. The maximum Gasteiger partial charge on any atom is 0.337 e. The zero-order valence-electron chi connectivity index (χ0n) is 13.6. The molecule has 1 aromatic rings. The van der Waals surface area contributed by atoms with E-state index in [2.05, 4.69) is 0 Å². The summed E-state index contributed by atoms with van der Waals surface area (Å²) in [7, 11) is 2.61. The monoisotopic (exact) mass is 361 g/mol. The SMILES string of the molecule is COCCC(C(=O)O)n1c(=O)[nH]c(=O)n(C(CCOC)C(=O)O)c1=O. The second-order valence-electron chi connectivity index (χ2n) is 5.03. The van der Waals surface area contributed by atoms with Gasteiger partial charge in [0, 0.05) is 40.3 Å². The van der Waals surface area contributed by atoms with Gasteiger partial charge in [-0.05, 0) is 0 Å². The molecule has 1 heterocycles. The predicted molar refractivity (Wildman–Crippen MR) is 81.9 cm³/mol. The summed E-state index contributed by atoms with van der Waals surface area (Å²) in [6.07, 6.45) is -0.467. The van der Waals surface area contributed by atoms with Gasteiger partial charge in [0.2, 0.25) is 0 Å². The van der Waals surface area contributed by atoms with Gasteiger partial charge in [0.25, 0.3) is 0 Å². The van der Waals surface area contributed by atoms with Gasteiger partial charge < -0.3 is 19.7 Å². The van der Waals surface area contributed by atoms with Crippen molar-refractivity contribution in [3.05, 3.63) is 31.5 Å². The van der Waals surface area contributed by atoms with E-state index in [0.29, 0.717) is 9.13 Å². The molecule has 0 radical (unpaired) electrons. The van der Waals surface area contributed by atoms with Crippen molar-refractivity contribution in [2.45, 2.75) is 24.9 Å². The van der Waals surface area contributed by atoms with Crippen molar-refractivity contribution in [2.24, 2.45) is 0 Å². The molecule has 0 aromatic carbocycles. The van der Waals surface area contributed by atoms with Crippen LogP contribution >= 0.6 is 0 Å². The number of aliphatic carboxylic acids is 2. The summed E-state index contributed by atoms with van der Waals surface area (Å²) in [4.78, 5) is 61.0. The molecular formula is C13H19N3O9. The minimum Gasteiger partial charge on any atom is -0.480 e. The molecule has 0 spiro atoms. The Bertz CT molecular complexity index is 730. The fourth-order valence-electron chi connectivity index (χ4n) is 2.24. The Labute approximate surface area is 140 Å². The Kier molecular flexibility index (Phi) is 7.26. The highest BCUT2D eigenvalue weighted by atomic mass is 16.5. The summed E-state index contributed by atoms with van der Waals surface area (Å²) in [5, 5.41) is 18.5. The van der Waals surface area contributed by atoms with Gasteiger partial charge in [0.15, 0.2) is 0 Å². The van der Waals surface area contributed by atoms with Crippen LogP contribution in [0.5, 0.6) is 0 Å². The Morgan fingerprint density at radius 2 is 1.28 bits per heavy atom. The standard InChI is InChI=1S/C13H19N3O9/c1-24-5-3-7(9(17)18)15-11(21)14-12(22)16(13(15)23)8(10(19)20)4-6-25-2/h7-8H,3-6H2,1-2H3,(H,17,18)(H,19,20)(H,14,21,22). The predicted octanol–water partition coefficient (Wildman–Crippen LogP) is -1.98. The van der Waals surface area contributed by atoms with Crippen LogP contribution < -0.4 is 17.1 Å². The number of carboxylic acids is 2. The van der Waals surface area contributed by atoms with Gasteiger partial charge >= 0.3 is 29.0 Å². The Morgan fingerprint density at radius 1 is 0.920 bits per heavy atom. The summed E-state index contributed by atoms with van der Waals surface area (Å²) < 4.78 is 10.1. The molecule has 2 atom stereocenters. The first-order valence-corrected chi connectivity index (χ1v) is 7.17. The van der Waals surface area contributed by atoms with E-state index in [0.717, 1.165) is 0 Å². The lowest BCUT2D eigenvalue weighted by molar-refractivity contribution is -0.141. The largest absolute Gasteiger partial charge is 0.480 e. The molecule has 0 aliphatic carbocycles. The van der Waals surface area contributed by atoms with E-state index in [1.54, 1.807) is 4.98 Å². The van der Waals surface area contributed by atoms with E-state index in [1.807, 2.05) is 0 Å². The van der Waals surface area contributed by atoms with Crippen LogP contribution in [-0.4, -0.2) is 63.7 Å². The van der Waals surface area contributed by atoms with Gasteiger partial charge in [0.1, 0.15) is 12.1 Å². The van der Waals surface area contributed by atoms with Crippen LogP contribution in [0.15, 0.2) is 14.4 Å². The van der Waals surface area contributed by atoms with Crippen LogP contribution in [0.4, 0.5) is 0 Å². The minimum atomic E-state index is -1.63. The van der Waals surface area contributed by atoms with E-state index in [1.165, 1.54) is 14.2 Å². The number of carbonyl (C=O) groups is 2. The van der Waals surface area contributed by atoms with Crippen LogP contribution in [0.1, 0.15) is 24.9 Å². The normalized spacial score (nSPS) is 13.4. The highest BCUT2D eigenvalue weighted by Crippen LogP contribution is 2.09. The van der Waals surface area contributed by atoms with Gasteiger partial charge in [-0.1, -0.05) is 0 Å². The summed E-state index contributed by atoms with van der Waals surface area (Å²) in [5.74, 6) is -3.00. The second kappa shape index (κ2) is 8.94. The average molecular weight is 361 g/mol. The maximum absolute atomic E-state index is 12.5. The first kappa shape index (κ1) is 20.3. The fourth-order valence-corrected chi connectivity index (χ4v) is 2.24. The average Bonchev–Trinajstić information content (AvgIpc) is 2.52. The molecule has 0 amide bonds. The van der Waals surface area contributed by atoms with Crippen molar-refractivity contribution in [3.8, 4) is 0 Å². The summed E-state index contributed by atoms with van der Waals surface area (Å²) in [6, 6.07) is -3.25. The van der Waals surface area contributed by atoms with Crippen LogP contribution in [0.2, 0.25) is 0 Å². The van der Waals surface area contributed by atoms with Crippen molar-refractivity contribution >= 4 is 11.9 Å². The molecule has 2 unspecified atom stereocenters. The molecule has 1 aromatic heterocycles. The van der Waals surface area contributed by atoms with Crippen molar-refractivity contribution in [1.29, 1.82) is 0 Å². The van der Waals surface area contributed by atoms with E-state index >= 15 is 0 Å². The van der Waals surface area contributed by atoms with Crippen LogP contribution in [0.3, 0.4) is 0 Å². The molecule has 12 heteroatoms. The van der Waals surface area contributed by atoms with E-state index in [-0.39, 0.29) is 26.1 Å². The third-order valence-corrected chi connectivity index (χ3v) is 3.45. The van der Waals surface area contributed by atoms with E-state index < -0.39 is 41.1 Å². The van der Waals surface area contributed by atoms with Gasteiger partial charge in [-0.15, -0.1) is 0 Å². The summed E-state index contributed by atoms with van der Waals surface area (Å²) in [6.45, 7) is -0.151.